The van der Waals surface area contributed by atoms with E-state index in [0.29, 0.717) is 23.3 Å². The Bertz CT molecular complexity index is 1470. The highest BCUT2D eigenvalue weighted by Gasteiger charge is 2.49. The summed E-state index contributed by atoms with van der Waals surface area (Å²) in [5.74, 6) is -0.735. The van der Waals surface area contributed by atoms with E-state index >= 15 is 0 Å². The number of carbonyl (C=O) groups excluding carboxylic acids is 2. The van der Waals surface area contributed by atoms with Crippen LogP contribution in [0.1, 0.15) is 61.5 Å². The van der Waals surface area contributed by atoms with Crippen LogP contribution in [0.3, 0.4) is 0 Å². The van der Waals surface area contributed by atoms with Gasteiger partial charge in [-0.25, -0.2) is 4.39 Å². The van der Waals surface area contributed by atoms with E-state index in [9.17, 15) is 14.0 Å². The maximum Gasteiger partial charge on any atom is 0.273 e. The van der Waals surface area contributed by atoms with Crippen molar-refractivity contribution in [3.63, 3.8) is 0 Å². The lowest BCUT2D eigenvalue weighted by molar-refractivity contribution is -0.134. The number of fused-ring (bicyclic) bond motifs is 3. The van der Waals surface area contributed by atoms with Gasteiger partial charge in [0.05, 0.1) is 17.7 Å². The van der Waals surface area contributed by atoms with E-state index in [0.717, 1.165) is 36.8 Å². The second-order valence-electron chi connectivity index (χ2n) is 10.8. The molecule has 6 nitrogen and oxygen atoms in total. The zero-order valence-electron chi connectivity index (χ0n) is 21.7. The first kappa shape index (κ1) is 24.5. The molecule has 1 atom stereocenters. The number of hydrogen-bond acceptors (Lipinski definition) is 2. The van der Waals surface area contributed by atoms with Crippen molar-refractivity contribution in [2.75, 3.05) is 0 Å². The van der Waals surface area contributed by atoms with Gasteiger partial charge in [-0.15, -0.1) is 0 Å². The zero-order valence-corrected chi connectivity index (χ0v) is 21.7. The molecule has 0 radical (unpaired) electrons. The molecule has 0 bridgehead atoms. The first-order valence-electron chi connectivity index (χ1n) is 13.6. The number of hydrogen-bond donors (Lipinski definition) is 1. The van der Waals surface area contributed by atoms with Gasteiger partial charge >= 0.3 is 0 Å². The van der Waals surface area contributed by atoms with Crippen LogP contribution >= 0.6 is 0 Å². The highest BCUT2D eigenvalue weighted by atomic mass is 19.1. The Hall–Kier alpha value is -3.87. The lowest BCUT2D eigenvalue weighted by atomic mass is 9.92. The predicted octanol–water partition coefficient (Wildman–Crippen LogP) is 5.82. The molecule has 1 fully saturated rings. The van der Waals surface area contributed by atoms with Crippen molar-refractivity contribution in [2.45, 2.75) is 70.1 Å². The number of benzene rings is 2. The summed E-state index contributed by atoms with van der Waals surface area (Å²) < 4.78 is 18.3. The van der Waals surface area contributed by atoms with Gasteiger partial charge < -0.3 is 19.4 Å². The summed E-state index contributed by atoms with van der Waals surface area (Å²) in [4.78, 5) is 30.3. The van der Waals surface area contributed by atoms with Crippen molar-refractivity contribution in [1.29, 1.82) is 0 Å². The summed E-state index contributed by atoms with van der Waals surface area (Å²) in [5, 5.41) is 3.97. The van der Waals surface area contributed by atoms with Crippen LogP contribution in [0.15, 0.2) is 73.1 Å². The Balaban J connectivity index is 1.49. The SMILES string of the molecule is C[C@]1(C(=O)NC2CCCCCC2)Cn2c(c(-n3cccc3)c3cc(F)ccc32)C(=O)N1Cc1ccccc1. The molecule has 1 aliphatic carbocycles. The highest BCUT2D eigenvalue weighted by Crippen LogP contribution is 2.39. The Labute approximate surface area is 222 Å². The second-order valence-corrected chi connectivity index (χ2v) is 10.8. The fraction of sp³-hybridized carbons (Fsp3) is 0.355. The van der Waals surface area contributed by atoms with Crippen molar-refractivity contribution in [3.8, 4) is 5.69 Å². The van der Waals surface area contributed by atoms with Gasteiger partial charge in [0, 0.05) is 30.4 Å². The van der Waals surface area contributed by atoms with Crippen LogP contribution in [-0.2, 0) is 17.9 Å². The van der Waals surface area contributed by atoms with E-state index in [-0.39, 0.29) is 30.2 Å². The molecule has 196 valence electrons. The van der Waals surface area contributed by atoms with Crippen molar-refractivity contribution in [3.05, 3.63) is 90.1 Å². The normalized spacial score (nSPS) is 20.4. The molecule has 2 aromatic carbocycles. The molecule has 2 aliphatic rings. The van der Waals surface area contributed by atoms with Gasteiger partial charge in [-0.2, -0.15) is 0 Å². The first-order chi connectivity index (χ1) is 18.5. The number of nitrogens with zero attached hydrogens (tertiary/aromatic N) is 3. The molecule has 38 heavy (non-hydrogen) atoms. The molecule has 2 amide bonds. The molecule has 1 aliphatic heterocycles. The van der Waals surface area contributed by atoms with Crippen LogP contribution in [0, 0.1) is 5.82 Å². The third-order valence-corrected chi connectivity index (χ3v) is 8.23. The fourth-order valence-corrected chi connectivity index (χ4v) is 6.15. The van der Waals surface area contributed by atoms with Crippen molar-refractivity contribution < 1.29 is 14.0 Å². The predicted molar refractivity (Wildman–Crippen MR) is 146 cm³/mol. The minimum Gasteiger partial charge on any atom is -0.351 e. The molecule has 0 saturated heterocycles. The van der Waals surface area contributed by atoms with Crippen LogP contribution in [-0.4, -0.2) is 37.4 Å². The summed E-state index contributed by atoms with van der Waals surface area (Å²) in [6, 6.07) is 18.3. The molecule has 1 saturated carbocycles. The Morgan fingerprint density at radius 2 is 1.71 bits per heavy atom. The Morgan fingerprint density at radius 3 is 2.42 bits per heavy atom. The number of carbonyl (C=O) groups is 2. The minimum absolute atomic E-state index is 0.114. The van der Waals surface area contributed by atoms with E-state index in [1.54, 1.807) is 11.0 Å². The number of halogens is 1. The summed E-state index contributed by atoms with van der Waals surface area (Å²) in [6.07, 6.45) is 10.2. The van der Waals surface area contributed by atoms with Crippen molar-refractivity contribution >= 4 is 22.7 Å². The fourth-order valence-electron chi connectivity index (χ4n) is 6.15. The van der Waals surface area contributed by atoms with E-state index in [1.165, 1.54) is 25.0 Å². The van der Waals surface area contributed by atoms with Crippen LogP contribution in [0.4, 0.5) is 4.39 Å². The van der Waals surface area contributed by atoms with Crippen LogP contribution in [0.2, 0.25) is 0 Å². The lowest BCUT2D eigenvalue weighted by Crippen LogP contribution is -2.64. The summed E-state index contributed by atoms with van der Waals surface area (Å²) >= 11 is 0. The van der Waals surface area contributed by atoms with Crippen molar-refractivity contribution in [2.24, 2.45) is 0 Å². The van der Waals surface area contributed by atoms with Crippen LogP contribution in [0.25, 0.3) is 16.6 Å². The van der Waals surface area contributed by atoms with E-state index in [4.69, 9.17) is 0 Å². The van der Waals surface area contributed by atoms with Gasteiger partial charge in [-0.1, -0.05) is 56.0 Å². The van der Waals surface area contributed by atoms with E-state index in [2.05, 4.69) is 5.32 Å². The smallest absolute Gasteiger partial charge is 0.273 e. The number of nitrogens with one attached hydrogen (secondary N) is 1. The Kier molecular flexibility index (Phi) is 6.30. The molecule has 2 aromatic heterocycles. The summed E-state index contributed by atoms with van der Waals surface area (Å²) in [7, 11) is 0. The molecule has 7 heteroatoms. The molecular weight excluding hydrogens is 479 g/mol. The molecule has 0 unspecified atom stereocenters. The summed E-state index contributed by atoms with van der Waals surface area (Å²) in [6.45, 7) is 2.45. The van der Waals surface area contributed by atoms with Gasteiger partial charge in [0.2, 0.25) is 5.91 Å². The lowest BCUT2D eigenvalue weighted by Gasteiger charge is -2.45. The monoisotopic (exact) mass is 512 g/mol. The molecule has 0 spiro atoms. The third-order valence-electron chi connectivity index (χ3n) is 8.23. The molecular formula is C31H33FN4O2. The number of aromatic nitrogens is 2. The van der Waals surface area contributed by atoms with Crippen molar-refractivity contribution in [1.82, 2.24) is 19.4 Å². The minimum atomic E-state index is -1.12. The molecule has 3 heterocycles. The van der Waals surface area contributed by atoms with Gasteiger partial charge in [0.1, 0.15) is 17.1 Å². The molecule has 6 rings (SSSR count). The Morgan fingerprint density at radius 1 is 1.00 bits per heavy atom. The van der Waals surface area contributed by atoms with E-state index < -0.39 is 5.54 Å². The van der Waals surface area contributed by atoms with E-state index in [1.807, 2.05) is 70.9 Å². The second kappa shape index (κ2) is 9.78. The number of rotatable bonds is 5. The molecule has 4 aromatic rings. The highest BCUT2D eigenvalue weighted by molar-refractivity contribution is 6.09. The van der Waals surface area contributed by atoms with Gasteiger partial charge in [0.25, 0.3) is 5.91 Å². The number of amides is 2. The average molecular weight is 513 g/mol. The third kappa shape index (κ3) is 4.20. The quantitative estimate of drug-likeness (QED) is 0.342. The average Bonchev–Trinajstić information content (AvgIpc) is 3.46. The topological polar surface area (TPSA) is 59.3 Å². The zero-order chi connectivity index (χ0) is 26.3. The van der Waals surface area contributed by atoms with Gasteiger partial charge in [-0.3, -0.25) is 9.59 Å². The molecule has 1 N–H and O–H groups in total. The first-order valence-corrected chi connectivity index (χ1v) is 13.6. The van der Waals surface area contributed by atoms with Gasteiger partial charge in [0.15, 0.2) is 0 Å². The largest absolute Gasteiger partial charge is 0.351 e. The van der Waals surface area contributed by atoms with Crippen LogP contribution < -0.4 is 5.32 Å². The summed E-state index contributed by atoms with van der Waals surface area (Å²) in [5.41, 5.74) is 1.68. The maximum atomic E-state index is 14.5. The van der Waals surface area contributed by atoms with Gasteiger partial charge in [-0.05, 0) is 55.7 Å². The van der Waals surface area contributed by atoms with Crippen LogP contribution in [0.5, 0.6) is 0 Å². The maximum absolute atomic E-state index is 14.5. The standard InChI is InChI=1S/C31H33FN4O2/c1-31(30(38)33-24-13-7-2-3-8-14-24)21-35-26-16-15-23(32)19-25(26)27(34-17-9-10-18-34)28(35)29(37)36(31)20-22-11-5-4-6-12-22/h4-6,9-12,15-19,24H,2-3,7-8,13-14,20-21H2,1H3,(H,33,38)/t31-/m1/s1.